The van der Waals surface area contributed by atoms with Crippen LogP contribution in [0.2, 0.25) is 0 Å². The van der Waals surface area contributed by atoms with Crippen molar-refractivity contribution in [2.45, 2.75) is 6.54 Å². The molecule has 0 spiro atoms. The summed E-state index contributed by atoms with van der Waals surface area (Å²) in [6, 6.07) is 19.2. The van der Waals surface area contributed by atoms with E-state index < -0.39 is 30.3 Å². The standard InChI is InChI=1S/C22H17N3O5/c26-19(23-17-10-8-16(9-11-17)15-5-2-1-3-6-15)14-25-21(28)20(27)24(22(25)29)13-18-7-4-12-30-18/h1-12H,13-14H2,(H,23,26). The van der Waals surface area contributed by atoms with Crippen LogP contribution < -0.4 is 5.32 Å². The normalized spacial score (nSPS) is 13.8. The van der Waals surface area contributed by atoms with Crippen molar-refractivity contribution >= 4 is 29.4 Å². The second-order valence-electron chi connectivity index (χ2n) is 6.64. The van der Waals surface area contributed by atoms with Crippen molar-refractivity contribution < 1.29 is 23.6 Å². The molecule has 0 radical (unpaired) electrons. The van der Waals surface area contributed by atoms with Crippen molar-refractivity contribution in [1.82, 2.24) is 9.80 Å². The first kappa shape index (κ1) is 19.1. The molecule has 0 saturated carbocycles. The predicted molar refractivity (Wildman–Crippen MR) is 107 cm³/mol. The van der Waals surface area contributed by atoms with E-state index in [1.807, 2.05) is 42.5 Å². The minimum Gasteiger partial charge on any atom is -0.467 e. The fraction of sp³-hybridized carbons (Fsp3) is 0.0909. The van der Waals surface area contributed by atoms with E-state index in [2.05, 4.69) is 5.32 Å². The maximum Gasteiger partial charge on any atom is 0.335 e. The Balaban J connectivity index is 1.39. The molecule has 1 fully saturated rings. The molecule has 2 aromatic carbocycles. The maximum atomic E-state index is 12.4. The number of rotatable bonds is 6. The van der Waals surface area contributed by atoms with Gasteiger partial charge in [-0.1, -0.05) is 42.5 Å². The van der Waals surface area contributed by atoms with Crippen molar-refractivity contribution in [3.63, 3.8) is 0 Å². The number of nitrogens with one attached hydrogen (secondary N) is 1. The Morgan fingerprint density at radius 1 is 0.800 bits per heavy atom. The third-order valence-corrected chi connectivity index (χ3v) is 4.61. The number of carbonyl (C=O) groups is 4. The topological polar surface area (TPSA) is 99.9 Å². The van der Waals surface area contributed by atoms with Crippen molar-refractivity contribution in [3.8, 4) is 11.1 Å². The third kappa shape index (κ3) is 3.83. The molecule has 0 aliphatic carbocycles. The van der Waals surface area contributed by atoms with Crippen LogP contribution in [0.3, 0.4) is 0 Å². The van der Waals surface area contributed by atoms with Crippen molar-refractivity contribution in [3.05, 3.63) is 78.8 Å². The van der Waals surface area contributed by atoms with Gasteiger partial charge in [0.05, 0.1) is 12.8 Å². The van der Waals surface area contributed by atoms with E-state index in [-0.39, 0.29) is 6.54 Å². The van der Waals surface area contributed by atoms with Gasteiger partial charge >= 0.3 is 17.8 Å². The number of urea groups is 1. The van der Waals surface area contributed by atoms with Crippen LogP contribution in [0.5, 0.6) is 0 Å². The zero-order valence-corrected chi connectivity index (χ0v) is 15.8. The van der Waals surface area contributed by atoms with Gasteiger partial charge in [-0.2, -0.15) is 0 Å². The number of amides is 5. The number of benzene rings is 2. The number of nitrogens with zero attached hydrogens (tertiary/aromatic N) is 2. The average Bonchev–Trinajstić information content (AvgIpc) is 3.34. The van der Waals surface area contributed by atoms with Gasteiger partial charge in [-0.3, -0.25) is 14.4 Å². The molecule has 0 atom stereocenters. The first-order chi connectivity index (χ1) is 14.5. The Morgan fingerprint density at radius 2 is 1.47 bits per heavy atom. The highest BCUT2D eigenvalue weighted by Gasteiger charge is 2.45. The lowest BCUT2D eigenvalue weighted by atomic mass is 10.1. The van der Waals surface area contributed by atoms with Crippen LogP contribution >= 0.6 is 0 Å². The zero-order valence-electron chi connectivity index (χ0n) is 15.8. The number of hydrogen-bond donors (Lipinski definition) is 1. The number of imide groups is 2. The molecule has 1 N–H and O–H groups in total. The smallest absolute Gasteiger partial charge is 0.335 e. The first-order valence-electron chi connectivity index (χ1n) is 9.18. The molecule has 1 aliphatic heterocycles. The van der Waals surface area contributed by atoms with E-state index in [9.17, 15) is 19.2 Å². The van der Waals surface area contributed by atoms with Crippen LogP contribution in [0.1, 0.15) is 5.76 Å². The predicted octanol–water partition coefficient (Wildman–Crippen LogP) is 2.88. The van der Waals surface area contributed by atoms with Gasteiger partial charge < -0.3 is 9.73 Å². The molecule has 0 unspecified atom stereocenters. The summed E-state index contributed by atoms with van der Waals surface area (Å²) in [6.45, 7) is -0.728. The number of anilines is 1. The Bertz CT molecular complexity index is 1090. The van der Waals surface area contributed by atoms with Crippen molar-refractivity contribution in [1.29, 1.82) is 0 Å². The number of hydrogen-bond acceptors (Lipinski definition) is 5. The summed E-state index contributed by atoms with van der Waals surface area (Å²) in [5.41, 5.74) is 2.54. The van der Waals surface area contributed by atoms with E-state index in [4.69, 9.17) is 4.42 Å². The van der Waals surface area contributed by atoms with E-state index >= 15 is 0 Å². The molecule has 4 rings (SSSR count). The summed E-state index contributed by atoms with van der Waals surface area (Å²) in [5, 5.41) is 2.63. The molecule has 5 amide bonds. The molecule has 150 valence electrons. The van der Waals surface area contributed by atoms with Crippen LogP contribution in [0.25, 0.3) is 11.1 Å². The molecule has 8 heteroatoms. The Hall–Kier alpha value is -4.20. The summed E-state index contributed by atoms with van der Waals surface area (Å²) in [7, 11) is 0. The molecule has 30 heavy (non-hydrogen) atoms. The van der Waals surface area contributed by atoms with Crippen LogP contribution in [0.4, 0.5) is 10.5 Å². The van der Waals surface area contributed by atoms with E-state index in [1.165, 1.54) is 6.26 Å². The Labute approximate surface area is 171 Å². The van der Waals surface area contributed by atoms with E-state index in [1.54, 1.807) is 24.3 Å². The number of carbonyl (C=O) groups excluding carboxylic acids is 4. The first-order valence-corrected chi connectivity index (χ1v) is 9.18. The van der Waals surface area contributed by atoms with Gasteiger partial charge in [-0.25, -0.2) is 14.6 Å². The largest absolute Gasteiger partial charge is 0.467 e. The minimum absolute atomic E-state index is 0.171. The summed E-state index contributed by atoms with van der Waals surface area (Å²) >= 11 is 0. The fourth-order valence-corrected chi connectivity index (χ4v) is 3.11. The van der Waals surface area contributed by atoms with Gasteiger partial charge in [-0.05, 0) is 35.4 Å². The average molecular weight is 403 g/mol. The van der Waals surface area contributed by atoms with Crippen LogP contribution in [-0.4, -0.2) is 40.1 Å². The lowest BCUT2D eigenvalue weighted by molar-refractivity contribution is -0.144. The lowest BCUT2D eigenvalue weighted by Crippen LogP contribution is -2.38. The summed E-state index contributed by atoms with van der Waals surface area (Å²) < 4.78 is 5.11. The monoisotopic (exact) mass is 403 g/mol. The van der Waals surface area contributed by atoms with E-state index in [0.717, 1.165) is 16.0 Å². The quantitative estimate of drug-likeness (QED) is 0.504. The minimum atomic E-state index is -1.04. The Morgan fingerprint density at radius 3 is 2.13 bits per heavy atom. The van der Waals surface area contributed by atoms with Gasteiger partial charge in [0.15, 0.2) is 0 Å². The van der Waals surface area contributed by atoms with Crippen LogP contribution in [0, 0.1) is 0 Å². The summed E-state index contributed by atoms with van der Waals surface area (Å²) in [4.78, 5) is 50.4. The highest BCUT2D eigenvalue weighted by atomic mass is 16.3. The summed E-state index contributed by atoms with van der Waals surface area (Å²) in [5.74, 6) is -2.26. The molecule has 1 aliphatic rings. The van der Waals surface area contributed by atoms with Crippen molar-refractivity contribution in [2.75, 3.05) is 11.9 Å². The lowest BCUT2D eigenvalue weighted by Gasteiger charge is -2.14. The van der Waals surface area contributed by atoms with E-state index in [0.29, 0.717) is 16.3 Å². The molecule has 1 saturated heterocycles. The van der Waals surface area contributed by atoms with Crippen LogP contribution in [-0.2, 0) is 20.9 Å². The number of furan rings is 1. The second-order valence-corrected chi connectivity index (χ2v) is 6.64. The Kier molecular flexibility index (Phi) is 5.13. The molecular weight excluding hydrogens is 386 g/mol. The molecule has 3 aromatic rings. The van der Waals surface area contributed by atoms with Gasteiger partial charge in [-0.15, -0.1) is 0 Å². The molecule has 8 nitrogen and oxygen atoms in total. The van der Waals surface area contributed by atoms with Gasteiger partial charge in [0.25, 0.3) is 0 Å². The molecule has 1 aromatic heterocycles. The molecule has 0 bridgehead atoms. The van der Waals surface area contributed by atoms with Gasteiger partial charge in [0.2, 0.25) is 5.91 Å². The summed E-state index contributed by atoms with van der Waals surface area (Å²) in [6.07, 6.45) is 1.40. The highest BCUT2D eigenvalue weighted by Crippen LogP contribution is 2.21. The van der Waals surface area contributed by atoms with Gasteiger partial charge in [0.1, 0.15) is 12.3 Å². The molecular formula is C22H17N3O5. The van der Waals surface area contributed by atoms with Crippen molar-refractivity contribution in [2.24, 2.45) is 0 Å². The molecule has 2 heterocycles. The maximum absolute atomic E-state index is 12.4. The van der Waals surface area contributed by atoms with Gasteiger partial charge in [0, 0.05) is 5.69 Å². The third-order valence-electron chi connectivity index (χ3n) is 4.61. The fourth-order valence-electron chi connectivity index (χ4n) is 3.11. The second kappa shape index (κ2) is 8.04. The SMILES string of the molecule is O=C(CN1C(=O)C(=O)N(Cc2ccco2)C1=O)Nc1ccc(-c2ccccc2)cc1. The van der Waals surface area contributed by atoms with Crippen LogP contribution in [0.15, 0.2) is 77.4 Å². The highest BCUT2D eigenvalue weighted by molar-refractivity contribution is 6.45. The zero-order chi connectivity index (χ0) is 21.1.